The molecule has 1 N–H and O–H groups in total. The van der Waals surface area contributed by atoms with Crippen LogP contribution < -0.4 is 9.62 Å². The van der Waals surface area contributed by atoms with E-state index >= 15 is 0 Å². The summed E-state index contributed by atoms with van der Waals surface area (Å²) in [5.41, 5.74) is 2.04. The highest BCUT2D eigenvalue weighted by Crippen LogP contribution is 2.26. The highest BCUT2D eigenvalue weighted by atomic mass is 35.5. The number of hydrogen-bond acceptors (Lipinski definition) is 4. The van der Waals surface area contributed by atoms with Crippen LogP contribution in [-0.2, 0) is 26.2 Å². The highest BCUT2D eigenvalue weighted by Gasteiger charge is 2.33. The predicted molar refractivity (Wildman–Crippen MR) is 161 cm³/mol. The molecule has 0 bridgehead atoms. The minimum atomic E-state index is -4.15. The number of nitrogens with zero attached hydrogens (tertiary/aromatic N) is 2. The number of sulfonamides is 1. The van der Waals surface area contributed by atoms with Crippen molar-refractivity contribution < 1.29 is 18.0 Å². The van der Waals surface area contributed by atoms with Crippen LogP contribution in [0, 0.1) is 6.92 Å². The molecule has 0 radical (unpaired) electrons. The van der Waals surface area contributed by atoms with Gasteiger partial charge >= 0.3 is 0 Å². The fourth-order valence-corrected chi connectivity index (χ4v) is 5.85. The zero-order valence-electron chi connectivity index (χ0n) is 22.9. The van der Waals surface area contributed by atoms with Gasteiger partial charge in [-0.3, -0.25) is 13.9 Å². The van der Waals surface area contributed by atoms with Crippen LogP contribution in [0.2, 0.25) is 10.0 Å². The first kappa shape index (κ1) is 31.5. The van der Waals surface area contributed by atoms with Gasteiger partial charge in [0.2, 0.25) is 11.8 Å². The third-order valence-electron chi connectivity index (χ3n) is 6.48. The van der Waals surface area contributed by atoms with Crippen molar-refractivity contribution in [2.45, 2.75) is 57.5 Å². The molecule has 0 saturated carbocycles. The lowest BCUT2D eigenvalue weighted by atomic mass is 10.1. The fraction of sp³-hybridized carbons (Fsp3) is 0.333. The molecule has 0 aromatic heterocycles. The summed E-state index contributed by atoms with van der Waals surface area (Å²) in [6, 6.07) is 18.9. The molecule has 40 heavy (non-hydrogen) atoms. The number of carbonyl (C=O) groups excluding carboxylic acids is 2. The third kappa shape index (κ3) is 8.22. The highest BCUT2D eigenvalue weighted by molar-refractivity contribution is 7.92. The standard InChI is InChI=1S/C30H35Cl2N3O4S/c1-4-6-19-33-30(37)28(5-2)34(20-23-9-11-24(31)12-10-23)29(36)21-35(26-15-7-22(3)8-16-26)40(38,39)27-17-13-25(32)14-18-27/h7-18,28H,4-6,19-21H2,1-3H3,(H,33,37). The minimum Gasteiger partial charge on any atom is -0.354 e. The zero-order valence-corrected chi connectivity index (χ0v) is 25.3. The quantitative estimate of drug-likeness (QED) is 0.235. The number of rotatable bonds is 13. The minimum absolute atomic E-state index is 0.00104. The number of halogens is 2. The number of amides is 2. The second-order valence-electron chi connectivity index (χ2n) is 9.52. The molecule has 0 aliphatic rings. The molecule has 1 unspecified atom stereocenters. The van der Waals surface area contributed by atoms with Crippen LogP contribution >= 0.6 is 23.2 Å². The van der Waals surface area contributed by atoms with E-state index in [9.17, 15) is 18.0 Å². The summed E-state index contributed by atoms with van der Waals surface area (Å²) < 4.78 is 28.8. The van der Waals surface area contributed by atoms with E-state index in [2.05, 4.69) is 5.32 Å². The lowest BCUT2D eigenvalue weighted by molar-refractivity contribution is -0.140. The first-order valence-corrected chi connectivity index (χ1v) is 15.4. The zero-order chi connectivity index (χ0) is 29.3. The average molecular weight is 605 g/mol. The van der Waals surface area contributed by atoms with Crippen LogP contribution in [-0.4, -0.2) is 44.3 Å². The van der Waals surface area contributed by atoms with Crippen molar-refractivity contribution in [1.29, 1.82) is 0 Å². The second kappa shape index (κ2) is 14.5. The smallest absolute Gasteiger partial charge is 0.264 e. The second-order valence-corrected chi connectivity index (χ2v) is 12.3. The Bertz CT molecular complexity index is 1380. The molecule has 3 aromatic carbocycles. The molecule has 0 aliphatic carbocycles. The van der Waals surface area contributed by atoms with Gasteiger partial charge in [0.05, 0.1) is 10.6 Å². The van der Waals surface area contributed by atoms with Crippen LogP contribution in [0.4, 0.5) is 5.69 Å². The molecule has 0 heterocycles. The van der Waals surface area contributed by atoms with Crippen LogP contribution in [0.15, 0.2) is 77.7 Å². The topological polar surface area (TPSA) is 86.8 Å². The number of hydrogen-bond donors (Lipinski definition) is 1. The molecule has 1 atom stereocenters. The summed E-state index contributed by atoms with van der Waals surface area (Å²) in [6.45, 7) is 5.85. The maximum atomic E-state index is 14.0. The van der Waals surface area contributed by atoms with E-state index < -0.39 is 28.5 Å². The molecule has 0 aliphatic heterocycles. The van der Waals surface area contributed by atoms with Crippen LogP contribution in [0.5, 0.6) is 0 Å². The van der Waals surface area contributed by atoms with E-state index in [0.29, 0.717) is 28.7 Å². The first-order valence-electron chi connectivity index (χ1n) is 13.2. The van der Waals surface area contributed by atoms with Gasteiger partial charge in [0, 0.05) is 23.1 Å². The van der Waals surface area contributed by atoms with E-state index in [1.165, 1.54) is 29.2 Å². The van der Waals surface area contributed by atoms with E-state index in [-0.39, 0.29) is 17.3 Å². The Labute approximate surface area is 247 Å². The van der Waals surface area contributed by atoms with Crippen molar-refractivity contribution in [3.63, 3.8) is 0 Å². The monoisotopic (exact) mass is 603 g/mol. The summed E-state index contributed by atoms with van der Waals surface area (Å²) in [5, 5.41) is 3.86. The Kier molecular flexibility index (Phi) is 11.4. The molecule has 3 aromatic rings. The predicted octanol–water partition coefficient (Wildman–Crippen LogP) is 6.22. The molecule has 3 rings (SSSR count). The molecule has 2 amide bonds. The van der Waals surface area contributed by atoms with Gasteiger partial charge in [-0.25, -0.2) is 8.42 Å². The summed E-state index contributed by atoms with van der Waals surface area (Å²) in [7, 11) is -4.15. The Morgan fingerprint density at radius 1 is 0.875 bits per heavy atom. The number of nitrogens with one attached hydrogen (secondary N) is 1. The molecule has 0 saturated heterocycles. The lowest BCUT2D eigenvalue weighted by Crippen LogP contribution is -2.52. The normalized spacial score (nSPS) is 12.0. The summed E-state index contributed by atoms with van der Waals surface area (Å²) in [5.74, 6) is -0.786. The van der Waals surface area contributed by atoms with Crippen molar-refractivity contribution in [2.24, 2.45) is 0 Å². The van der Waals surface area contributed by atoms with E-state index in [1.807, 2.05) is 20.8 Å². The van der Waals surface area contributed by atoms with Gasteiger partial charge in [0.15, 0.2) is 0 Å². The molecule has 0 spiro atoms. The van der Waals surface area contributed by atoms with Gasteiger partial charge in [0.1, 0.15) is 12.6 Å². The van der Waals surface area contributed by atoms with Crippen LogP contribution in [0.25, 0.3) is 0 Å². The summed E-state index contributed by atoms with van der Waals surface area (Å²) in [6.07, 6.45) is 2.08. The number of benzene rings is 3. The Morgan fingerprint density at radius 3 is 2.00 bits per heavy atom. The third-order valence-corrected chi connectivity index (χ3v) is 8.78. The largest absolute Gasteiger partial charge is 0.354 e. The molecule has 7 nitrogen and oxygen atoms in total. The molecule has 0 fully saturated rings. The van der Waals surface area contributed by atoms with Crippen molar-refractivity contribution in [3.05, 3.63) is 94.0 Å². The number of aryl methyl sites for hydroxylation is 1. The van der Waals surface area contributed by atoms with E-state index in [0.717, 1.165) is 28.3 Å². The van der Waals surface area contributed by atoms with E-state index in [4.69, 9.17) is 23.2 Å². The van der Waals surface area contributed by atoms with Crippen molar-refractivity contribution in [1.82, 2.24) is 10.2 Å². The van der Waals surface area contributed by atoms with Crippen LogP contribution in [0.3, 0.4) is 0 Å². The van der Waals surface area contributed by atoms with Crippen LogP contribution in [0.1, 0.15) is 44.2 Å². The summed E-state index contributed by atoms with van der Waals surface area (Å²) in [4.78, 5) is 28.7. The number of unbranched alkanes of at least 4 members (excludes halogenated alkanes) is 1. The maximum Gasteiger partial charge on any atom is 0.264 e. The average Bonchev–Trinajstić information content (AvgIpc) is 2.93. The van der Waals surface area contributed by atoms with Gasteiger partial charge in [-0.1, -0.05) is 73.3 Å². The van der Waals surface area contributed by atoms with Gasteiger partial charge in [-0.05, 0) is 73.9 Å². The fourth-order valence-electron chi connectivity index (χ4n) is 4.19. The Morgan fingerprint density at radius 2 is 1.45 bits per heavy atom. The van der Waals surface area contributed by atoms with E-state index in [1.54, 1.807) is 48.5 Å². The van der Waals surface area contributed by atoms with Crippen molar-refractivity contribution >= 4 is 50.7 Å². The molecule has 10 heteroatoms. The Balaban J connectivity index is 2.02. The maximum absolute atomic E-state index is 14.0. The first-order chi connectivity index (χ1) is 19.1. The SMILES string of the molecule is CCCCNC(=O)C(CC)N(Cc1ccc(Cl)cc1)C(=O)CN(c1ccc(C)cc1)S(=O)(=O)c1ccc(Cl)cc1. The van der Waals surface area contributed by atoms with Gasteiger partial charge in [-0.2, -0.15) is 0 Å². The molecular formula is C30H35Cl2N3O4S. The van der Waals surface area contributed by atoms with Gasteiger partial charge < -0.3 is 10.2 Å². The molecular weight excluding hydrogens is 569 g/mol. The molecule has 214 valence electrons. The Hall–Kier alpha value is -3.07. The van der Waals surface area contributed by atoms with Crippen molar-refractivity contribution in [3.8, 4) is 0 Å². The van der Waals surface area contributed by atoms with Gasteiger partial charge in [0.25, 0.3) is 10.0 Å². The van der Waals surface area contributed by atoms with Gasteiger partial charge in [-0.15, -0.1) is 0 Å². The number of anilines is 1. The number of carbonyl (C=O) groups is 2. The summed E-state index contributed by atoms with van der Waals surface area (Å²) >= 11 is 12.1. The van der Waals surface area contributed by atoms with Crippen molar-refractivity contribution in [2.75, 3.05) is 17.4 Å². The lowest BCUT2D eigenvalue weighted by Gasteiger charge is -2.33.